The van der Waals surface area contributed by atoms with Crippen molar-refractivity contribution in [3.05, 3.63) is 35.0 Å². The second-order valence-electron chi connectivity index (χ2n) is 4.83. The molecular formula is C15H16N4O. The number of likely N-dealkylation sites (N-methyl/N-ethyl adjacent to an activating group) is 1. The van der Waals surface area contributed by atoms with Crippen molar-refractivity contribution in [2.75, 3.05) is 26.0 Å². The molecule has 0 spiro atoms. The van der Waals surface area contributed by atoms with Gasteiger partial charge in [-0.25, -0.2) is 4.99 Å². The molecule has 1 amide bonds. The molecule has 2 rings (SSSR count). The lowest BCUT2D eigenvalue weighted by Crippen LogP contribution is -2.25. The van der Waals surface area contributed by atoms with Gasteiger partial charge in [0.1, 0.15) is 11.5 Å². The van der Waals surface area contributed by atoms with E-state index in [1.165, 1.54) is 4.90 Å². The number of nitriles is 1. The minimum atomic E-state index is -0.151. The van der Waals surface area contributed by atoms with E-state index in [-0.39, 0.29) is 5.91 Å². The van der Waals surface area contributed by atoms with Gasteiger partial charge in [0.2, 0.25) is 0 Å². The molecule has 1 aromatic carbocycles. The van der Waals surface area contributed by atoms with E-state index in [9.17, 15) is 4.79 Å². The van der Waals surface area contributed by atoms with Crippen molar-refractivity contribution < 1.29 is 4.79 Å². The summed E-state index contributed by atoms with van der Waals surface area (Å²) in [5.74, 6) is 0.505. The quantitative estimate of drug-likeness (QED) is 0.769. The summed E-state index contributed by atoms with van der Waals surface area (Å²) in [6.45, 7) is 1.78. The molecule has 0 aromatic heterocycles. The third kappa shape index (κ3) is 2.41. The lowest BCUT2D eigenvalue weighted by Gasteiger charge is -2.13. The molecule has 0 fully saturated rings. The van der Waals surface area contributed by atoms with E-state index >= 15 is 0 Å². The fourth-order valence-electron chi connectivity index (χ4n) is 1.91. The van der Waals surface area contributed by atoms with Gasteiger partial charge < -0.3 is 4.90 Å². The van der Waals surface area contributed by atoms with E-state index in [0.717, 1.165) is 5.69 Å². The highest BCUT2D eigenvalue weighted by Crippen LogP contribution is 2.23. The zero-order valence-corrected chi connectivity index (χ0v) is 12.0. The Morgan fingerprint density at radius 1 is 1.40 bits per heavy atom. The molecule has 0 unspecified atom stereocenters. The zero-order valence-electron chi connectivity index (χ0n) is 12.0. The molecule has 102 valence electrons. The number of carbonyl (C=O) groups excluding carboxylic acids is 1. The summed E-state index contributed by atoms with van der Waals surface area (Å²) in [5, 5.41) is 9.17. The molecule has 5 nitrogen and oxygen atoms in total. The van der Waals surface area contributed by atoms with Crippen LogP contribution < -0.4 is 4.90 Å². The monoisotopic (exact) mass is 268 g/mol. The van der Waals surface area contributed by atoms with E-state index in [4.69, 9.17) is 5.26 Å². The molecule has 0 saturated carbocycles. The number of anilines is 1. The summed E-state index contributed by atoms with van der Waals surface area (Å²) in [6.07, 6.45) is 1.67. The molecule has 0 saturated heterocycles. The normalized spacial score (nSPS) is 16.4. The molecule has 0 bridgehead atoms. The first-order chi connectivity index (χ1) is 9.43. The van der Waals surface area contributed by atoms with Crippen LogP contribution in [-0.2, 0) is 4.79 Å². The Morgan fingerprint density at radius 3 is 2.60 bits per heavy atom. The molecule has 0 N–H and O–H groups in total. The van der Waals surface area contributed by atoms with Crippen LogP contribution in [-0.4, -0.2) is 37.8 Å². The first-order valence-electron chi connectivity index (χ1n) is 6.20. The van der Waals surface area contributed by atoms with Gasteiger partial charge in [-0.1, -0.05) is 0 Å². The van der Waals surface area contributed by atoms with Crippen molar-refractivity contribution >= 4 is 23.5 Å². The minimum absolute atomic E-state index is 0.151. The van der Waals surface area contributed by atoms with Gasteiger partial charge in [0.25, 0.3) is 5.91 Å². The summed E-state index contributed by atoms with van der Waals surface area (Å²) < 4.78 is 0. The van der Waals surface area contributed by atoms with Crippen molar-refractivity contribution in [3.63, 3.8) is 0 Å². The van der Waals surface area contributed by atoms with E-state index in [1.54, 1.807) is 26.1 Å². The molecular weight excluding hydrogens is 252 g/mol. The SMILES string of the molecule is CC1=N/C(=C\c2cc(N(C)C)ccc2C#N)C(=O)N1C. The Kier molecular flexibility index (Phi) is 3.57. The smallest absolute Gasteiger partial charge is 0.277 e. The van der Waals surface area contributed by atoms with Crippen molar-refractivity contribution in [2.45, 2.75) is 6.92 Å². The van der Waals surface area contributed by atoms with Gasteiger partial charge in [0.05, 0.1) is 11.6 Å². The predicted molar refractivity (Wildman–Crippen MR) is 79.3 cm³/mol. The van der Waals surface area contributed by atoms with Crippen molar-refractivity contribution in [1.82, 2.24) is 4.90 Å². The number of nitrogens with zero attached hydrogens (tertiary/aromatic N) is 4. The maximum atomic E-state index is 12.0. The van der Waals surface area contributed by atoms with Crippen LogP contribution in [0, 0.1) is 11.3 Å². The largest absolute Gasteiger partial charge is 0.378 e. The lowest BCUT2D eigenvalue weighted by atomic mass is 10.1. The van der Waals surface area contributed by atoms with Crippen LogP contribution in [0.15, 0.2) is 28.9 Å². The van der Waals surface area contributed by atoms with E-state index < -0.39 is 0 Å². The van der Waals surface area contributed by atoms with Gasteiger partial charge in [-0.3, -0.25) is 9.69 Å². The fourth-order valence-corrected chi connectivity index (χ4v) is 1.91. The van der Waals surface area contributed by atoms with Crippen LogP contribution in [0.2, 0.25) is 0 Å². The Labute approximate surface area is 118 Å². The summed E-state index contributed by atoms with van der Waals surface area (Å²) >= 11 is 0. The third-order valence-electron chi connectivity index (χ3n) is 3.26. The molecule has 0 radical (unpaired) electrons. The van der Waals surface area contributed by atoms with Gasteiger partial charge >= 0.3 is 0 Å². The Morgan fingerprint density at radius 2 is 2.10 bits per heavy atom. The zero-order chi connectivity index (χ0) is 14.9. The molecule has 0 aliphatic carbocycles. The Balaban J connectivity index is 2.51. The maximum Gasteiger partial charge on any atom is 0.277 e. The minimum Gasteiger partial charge on any atom is -0.378 e. The Bertz CT molecular complexity index is 665. The summed E-state index contributed by atoms with van der Waals surface area (Å²) in [5.41, 5.74) is 2.56. The summed E-state index contributed by atoms with van der Waals surface area (Å²) in [6, 6.07) is 7.64. The first-order valence-corrected chi connectivity index (χ1v) is 6.20. The fraction of sp³-hybridized carbons (Fsp3) is 0.267. The van der Waals surface area contributed by atoms with Crippen LogP contribution in [0.4, 0.5) is 5.69 Å². The molecule has 20 heavy (non-hydrogen) atoms. The molecule has 1 heterocycles. The van der Waals surface area contributed by atoms with Gasteiger partial charge in [-0.15, -0.1) is 0 Å². The second kappa shape index (κ2) is 5.17. The third-order valence-corrected chi connectivity index (χ3v) is 3.26. The standard InChI is InChI=1S/C15H16N4O/c1-10-17-14(15(20)19(10)4)8-12-7-13(18(2)3)6-5-11(12)9-16/h5-8H,1-4H3/b14-8-. The number of aliphatic imine (C=N–C) groups is 1. The molecule has 0 atom stereocenters. The topological polar surface area (TPSA) is 59.7 Å². The Hall–Kier alpha value is -2.61. The molecule has 1 aliphatic rings. The van der Waals surface area contributed by atoms with Crippen LogP contribution >= 0.6 is 0 Å². The van der Waals surface area contributed by atoms with Gasteiger partial charge in [0.15, 0.2) is 0 Å². The van der Waals surface area contributed by atoms with Crippen molar-refractivity contribution in [2.24, 2.45) is 4.99 Å². The summed E-state index contributed by atoms with van der Waals surface area (Å²) in [7, 11) is 5.54. The number of hydrogen-bond donors (Lipinski definition) is 0. The van der Waals surface area contributed by atoms with Gasteiger partial charge in [-0.05, 0) is 36.8 Å². The van der Waals surface area contributed by atoms with E-state index in [0.29, 0.717) is 22.7 Å². The average Bonchev–Trinajstić information content (AvgIpc) is 2.66. The van der Waals surface area contributed by atoms with Gasteiger partial charge in [0, 0.05) is 26.8 Å². The van der Waals surface area contributed by atoms with Crippen LogP contribution in [0.25, 0.3) is 6.08 Å². The highest BCUT2D eigenvalue weighted by molar-refractivity contribution is 6.13. The molecule has 1 aromatic rings. The van der Waals surface area contributed by atoms with Crippen molar-refractivity contribution in [3.8, 4) is 6.07 Å². The summed E-state index contributed by atoms with van der Waals surface area (Å²) in [4.78, 5) is 19.7. The number of amides is 1. The second-order valence-corrected chi connectivity index (χ2v) is 4.83. The average molecular weight is 268 g/mol. The molecule has 1 aliphatic heterocycles. The van der Waals surface area contributed by atoms with E-state index in [2.05, 4.69) is 11.1 Å². The van der Waals surface area contributed by atoms with Crippen LogP contribution in [0.3, 0.4) is 0 Å². The maximum absolute atomic E-state index is 12.0. The number of benzene rings is 1. The highest BCUT2D eigenvalue weighted by atomic mass is 16.2. The highest BCUT2D eigenvalue weighted by Gasteiger charge is 2.23. The molecule has 5 heteroatoms. The predicted octanol–water partition coefficient (Wildman–Crippen LogP) is 1.86. The first kappa shape index (κ1) is 13.8. The van der Waals surface area contributed by atoms with Crippen molar-refractivity contribution in [1.29, 1.82) is 5.26 Å². The number of amidine groups is 1. The van der Waals surface area contributed by atoms with E-state index in [1.807, 2.05) is 31.1 Å². The van der Waals surface area contributed by atoms with Crippen LogP contribution in [0.5, 0.6) is 0 Å². The van der Waals surface area contributed by atoms with Crippen LogP contribution in [0.1, 0.15) is 18.1 Å². The number of carbonyl (C=O) groups is 1. The van der Waals surface area contributed by atoms with Gasteiger partial charge in [-0.2, -0.15) is 5.26 Å². The number of hydrogen-bond acceptors (Lipinski definition) is 4. The lowest BCUT2D eigenvalue weighted by molar-refractivity contribution is -0.121. The number of rotatable bonds is 2.